The molecule has 1 fully saturated rings. The predicted octanol–water partition coefficient (Wildman–Crippen LogP) is 3.10. The average Bonchev–Trinajstić information content (AvgIpc) is 2.88. The monoisotopic (exact) mass is 273 g/mol. The van der Waals surface area contributed by atoms with E-state index >= 15 is 0 Å². The van der Waals surface area contributed by atoms with E-state index in [-0.39, 0.29) is 5.56 Å². The van der Waals surface area contributed by atoms with Crippen molar-refractivity contribution in [1.82, 2.24) is 15.0 Å². The normalized spacial score (nSPS) is 16.6. The first-order chi connectivity index (χ1) is 9.74. The smallest absolute Gasteiger partial charge is 0.335 e. The number of hydrogen-bond donors (Lipinski definition) is 1. The van der Waals surface area contributed by atoms with Crippen LogP contribution in [0.5, 0.6) is 0 Å². The second kappa shape index (κ2) is 5.61. The van der Waals surface area contributed by atoms with Gasteiger partial charge in [0.25, 0.3) is 0 Å². The molecule has 0 spiro atoms. The molecule has 5 heteroatoms. The van der Waals surface area contributed by atoms with Gasteiger partial charge < -0.3 is 5.11 Å². The van der Waals surface area contributed by atoms with Gasteiger partial charge in [0, 0.05) is 6.54 Å². The van der Waals surface area contributed by atoms with Crippen LogP contribution in [0.4, 0.5) is 0 Å². The van der Waals surface area contributed by atoms with Gasteiger partial charge in [0.1, 0.15) is 5.52 Å². The SMILES string of the molecule is O=C(O)c1ccc2c(c1)nnn2CCC1CCCCC1. The van der Waals surface area contributed by atoms with Gasteiger partial charge >= 0.3 is 5.97 Å². The Balaban J connectivity index is 1.73. The van der Waals surface area contributed by atoms with Gasteiger partial charge in [0.05, 0.1) is 11.1 Å². The number of aryl methyl sites for hydroxylation is 1. The maximum atomic E-state index is 10.9. The number of benzene rings is 1. The Kier molecular flexibility index (Phi) is 3.67. The molecule has 20 heavy (non-hydrogen) atoms. The van der Waals surface area contributed by atoms with E-state index in [2.05, 4.69) is 10.3 Å². The molecule has 0 atom stereocenters. The Morgan fingerprint density at radius 2 is 2.10 bits per heavy atom. The van der Waals surface area contributed by atoms with Gasteiger partial charge in [-0.25, -0.2) is 9.48 Å². The van der Waals surface area contributed by atoms with Crippen LogP contribution in [0.2, 0.25) is 0 Å². The van der Waals surface area contributed by atoms with Gasteiger partial charge in [0.15, 0.2) is 0 Å². The van der Waals surface area contributed by atoms with Gasteiger partial charge in [-0.3, -0.25) is 0 Å². The van der Waals surface area contributed by atoms with Crippen molar-refractivity contribution in [2.75, 3.05) is 0 Å². The van der Waals surface area contributed by atoms with Crippen molar-refractivity contribution in [1.29, 1.82) is 0 Å². The number of nitrogens with zero attached hydrogens (tertiary/aromatic N) is 3. The summed E-state index contributed by atoms with van der Waals surface area (Å²) in [5.74, 6) is -0.120. The molecule has 106 valence electrons. The molecule has 0 amide bonds. The van der Waals surface area contributed by atoms with E-state index in [0.29, 0.717) is 5.52 Å². The first-order valence-electron chi connectivity index (χ1n) is 7.30. The molecular weight excluding hydrogens is 254 g/mol. The number of carbonyl (C=O) groups is 1. The summed E-state index contributed by atoms with van der Waals surface area (Å²) in [5.41, 5.74) is 1.84. The Morgan fingerprint density at radius 3 is 2.85 bits per heavy atom. The summed E-state index contributed by atoms with van der Waals surface area (Å²) >= 11 is 0. The summed E-state index contributed by atoms with van der Waals surface area (Å²) < 4.78 is 1.90. The maximum Gasteiger partial charge on any atom is 0.335 e. The average molecular weight is 273 g/mol. The summed E-state index contributed by atoms with van der Waals surface area (Å²) in [6.07, 6.45) is 7.88. The first-order valence-corrected chi connectivity index (χ1v) is 7.30. The molecule has 1 aromatic carbocycles. The molecule has 5 nitrogen and oxygen atoms in total. The Bertz CT molecular complexity index is 615. The highest BCUT2D eigenvalue weighted by Gasteiger charge is 2.14. The third-order valence-corrected chi connectivity index (χ3v) is 4.23. The highest BCUT2D eigenvalue weighted by Crippen LogP contribution is 2.27. The van der Waals surface area contributed by atoms with E-state index in [1.54, 1.807) is 18.2 Å². The highest BCUT2D eigenvalue weighted by molar-refractivity contribution is 5.92. The molecule has 0 saturated heterocycles. The standard InChI is InChI=1S/C15H19N3O2/c19-15(20)12-6-7-14-13(10-12)16-17-18(14)9-8-11-4-2-1-3-5-11/h6-7,10-11H,1-5,8-9H2,(H,19,20). The first kappa shape index (κ1) is 13.1. The van der Waals surface area contributed by atoms with Crippen molar-refractivity contribution in [2.24, 2.45) is 5.92 Å². The fourth-order valence-electron chi connectivity index (χ4n) is 3.05. The third kappa shape index (κ3) is 2.66. The molecule has 1 saturated carbocycles. The molecule has 1 aliphatic carbocycles. The van der Waals surface area contributed by atoms with Gasteiger partial charge in [-0.15, -0.1) is 5.10 Å². The lowest BCUT2D eigenvalue weighted by atomic mass is 9.87. The lowest BCUT2D eigenvalue weighted by Gasteiger charge is -2.21. The number of carboxylic acids is 1. The van der Waals surface area contributed by atoms with Crippen molar-refractivity contribution in [3.05, 3.63) is 23.8 Å². The van der Waals surface area contributed by atoms with Gasteiger partial charge in [-0.2, -0.15) is 0 Å². The van der Waals surface area contributed by atoms with E-state index in [9.17, 15) is 4.79 Å². The molecule has 1 aromatic heterocycles. The van der Waals surface area contributed by atoms with Crippen molar-refractivity contribution >= 4 is 17.0 Å². The van der Waals surface area contributed by atoms with Gasteiger partial charge in [-0.05, 0) is 30.5 Å². The number of hydrogen-bond acceptors (Lipinski definition) is 3. The largest absolute Gasteiger partial charge is 0.478 e. The maximum absolute atomic E-state index is 10.9. The van der Waals surface area contributed by atoms with Gasteiger partial charge in [0.2, 0.25) is 0 Å². The fraction of sp³-hybridized carbons (Fsp3) is 0.533. The number of fused-ring (bicyclic) bond motifs is 1. The molecule has 1 aliphatic rings. The lowest BCUT2D eigenvalue weighted by Crippen LogP contribution is -2.11. The molecule has 1 N–H and O–H groups in total. The van der Waals surface area contributed by atoms with E-state index in [1.165, 1.54) is 32.1 Å². The van der Waals surface area contributed by atoms with E-state index in [1.807, 2.05) is 4.68 Å². The van der Waals surface area contributed by atoms with Crippen LogP contribution in [-0.4, -0.2) is 26.1 Å². The number of aromatic carboxylic acids is 1. The number of rotatable bonds is 4. The molecule has 0 unspecified atom stereocenters. The van der Waals surface area contributed by atoms with E-state index < -0.39 is 5.97 Å². The summed E-state index contributed by atoms with van der Waals surface area (Å²) in [6, 6.07) is 5.01. The molecule has 1 heterocycles. The number of aromatic nitrogens is 3. The minimum atomic E-state index is -0.927. The molecule has 0 radical (unpaired) electrons. The van der Waals surface area contributed by atoms with Crippen LogP contribution in [0.25, 0.3) is 11.0 Å². The lowest BCUT2D eigenvalue weighted by molar-refractivity contribution is 0.0697. The van der Waals surface area contributed by atoms with Crippen molar-refractivity contribution < 1.29 is 9.90 Å². The summed E-state index contributed by atoms with van der Waals surface area (Å²) in [7, 11) is 0. The Hall–Kier alpha value is -1.91. The van der Waals surface area contributed by atoms with Gasteiger partial charge in [-0.1, -0.05) is 37.3 Å². The minimum absolute atomic E-state index is 0.261. The summed E-state index contributed by atoms with van der Waals surface area (Å²) in [6.45, 7) is 0.869. The minimum Gasteiger partial charge on any atom is -0.478 e. The Labute approximate surface area is 117 Å². The fourth-order valence-corrected chi connectivity index (χ4v) is 3.05. The topological polar surface area (TPSA) is 68.0 Å². The van der Waals surface area contributed by atoms with E-state index in [4.69, 9.17) is 5.11 Å². The number of carboxylic acid groups (broad SMARTS) is 1. The van der Waals surface area contributed by atoms with Crippen molar-refractivity contribution in [3.63, 3.8) is 0 Å². The van der Waals surface area contributed by atoms with Crippen LogP contribution >= 0.6 is 0 Å². The van der Waals surface area contributed by atoms with Crippen LogP contribution < -0.4 is 0 Å². The zero-order chi connectivity index (χ0) is 13.9. The summed E-state index contributed by atoms with van der Waals surface area (Å²) in [4.78, 5) is 10.9. The molecule has 2 aromatic rings. The molecule has 0 bridgehead atoms. The second-order valence-electron chi connectivity index (χ2n) is 5.61. The van der Waals surface area contributed by atoms with Crippen LogP contribution in [0.1, 0.15) is 48.9 Å². The van der Waals surface area contributed by atoms with Crippen LogP contribution in [0, 0.1) is 5.92 Å². The Morgan fingerprint density at radius 1 is 1.30 bits per heavy atom. The van der Waals surface area contributed by atoms with Crippen molar-refractivity contribution in [3.8, 4) is 0 Å². The van der Waals surface area contributed by atoms with Crippen LogP contribution in [0.3, 0.4) is 0 Å². The molecule has 3 rings (SSSR count). The zero-order valence-corrected chi connectivity index (χ0v) is 11.5. The van der Waals surface area contributed by atoms with Crippen molar-refractivity contribution in [2.45, 2.75) is 45.1 Å². The highest BCUT2D eigenvalue weighted by atomic mass is 16.4. The predicted molar refractivity (Wildman–Crippen MR) is 75.7 cm³/mol. The van der Waals surface area contributed by atoms with E-state index in [0.717, 1.165) is 24.4 Å². The summed E-state index contributed by atoms with van der Waals surface area (Å²) in [5, 5.41) is 17.2. The molecular formula is C15H19N3O2. The van der Waals surface area contributed by atoms with Crippen LogP contribution in [0.15, 0.2) is 18.2 Å². The quantitative estimate of drug-likeness (QED) is 0.929. The zero-order valence-electron chi connectivity index (χ0n) is 11.5. The second-order valence-corrected chi connectivity index (χ2v) is 5.61. The molecule has 0 aliphatic heterocycles. The third-order valence-electron chi connectivity index (χ3n) is 4.23. The van der Waals surface area contributed by atoms with Crippen LogP contribution in [-0.2, 0) is 6.54 Å².